The standard InChI is InChI=1S/C15H22N4O/c1-10-8-18-4-2-3-14(18)9-19(10)15(20)11-5-12(16)7-13(17)6-11/h5-7,10,14H,2-4,8-9,16-17H2,1H3. The Labute approximate surface area is 119 Å². The van der Waals surface area contributed by atoms with E-state index in [9.17, 15) is 4.79 Å². The number of nitrogens with zero attached hydrogens (tertiary/aromatic N) is 2. The van der Waals surface area contributed by atoms with Crippen LogP contribution in [-0.4, -0.2) is 47.4 Å². The van der Waals surface area contributed by atoms with Gasteiger partial charge in [-0.15, -0.1) is 0 Å². The van der Waals surface area contributed by atoms with Gasteiger partial charge in [-0.3, -0.25) is 9.69 Å². The highest BCUT2D eigenvalue weighted by Gasteiger charge is 2.36. The lowest BCUT2D eigenvalue weighted by Crippen LogP contribution is -2.56. The van der Waals surface area contributed by atoms with Gasteiger partial charge in [0.05, 0.1) is 0 Å². The minimum atomic E-state index is 0.0445. The van der Waals surface area contributed by atoms with E-state index in [1.54, 1.807) is 18.2 Å². The number of rotatable bonds is 1. The maximum absolute atomic E-state index is 12.7. The summed E-state index contributed by atoms with van der Waals surface area (Å²) in [5.41, 5.74) is 13.3. The van der Waals surface area contributed by atoms with Crippen molar-refractivity contribution in [2.75, 3.05) is 31.1 Å². The van der Waals surface area contributed by atoms with E-state index in [2.05, 4.69) is 11.8 Å². The van der Waals surface area contributed by atoms with Gasteiger partial charge in [-0.05, 0) is 44.5 Å². The number of hydrogen-bond donors (Lipinski definition) is 2. The average Bonchev–Trinajstić information content (AvgIpc) is 2.82. The second-order valence-electron chi connectivity index (χ2n) is 5.99. The van der Waals surface area contributed by atoms with Gasteiger partial charge in [0.1, 0.15) is 0 Å². The Morgan fingerprint density at radius 3 is 2.60 bits per heavy atom. The van der Waals surface area contributed by atoms with E-state index >= 15 is 0 Å². The van der Waals surface area contributed by atoms with Crippen LogP contribution >= 0.6 is 0 Å². The highest BCUT2D eigenvalue weighted by molar-refractivity contribution is 5.96. The van der Waals surface area contributed by atoms with E-state index in [0.717, 1.165) is 13.1 Å². The molecular weight excluding hydrogens is 252 g/mol. The first-order valence-corrected chi connectivity index (χ1v) is 7.25. The van der Waals surface area contributed by atoms with Gasteiger partial charge < -0.3 is 16.4 Å². The van der Waals surface area contributed by atoms with Crippen molar-refractivity contribution in [3.05, 3.63) is 23.8 Å². The Morgan fingerprint density at radius 1 is 1.20 bits per heavy atom. The third-order valence-electron chi connectivity index (χ3n) is 4.42. The fourth-order valence-electron chi connectivity index (χ4n) is 3.44. The third kappa shape index (κ3) is 2.33. The molecule has 3 rings (SSSR count). The van der Waals surface area contributed by atoms with Gasteiger partial charge in [0.15, 0.2) is 0 Å². The molecule has 1 amide bonds. The number of amides is 1. The zero-order valence-electron chi connectivity index (χ0n) is 11.9. The Bertz CT molecular complexity index is 510. The third-order valence-corrected chi connectivity index (χ3v) is 4.42. The van der Waals surface area contributed by atoms with Crippen LogP contribution in [0.4, 0.5) is 11.4 Å². The SMILES string of the molecule is CC1CN2CCCC2CN1C(=O)c1cc(N)cc(N)c1. The molecule has 4 N–H and O–H groups in total. The maximum atomic E-state index is 12.7. The zero-order valence-corrected chi connectivity index (χ0v) is 11.9. The summed E-state index contributed by atoms with van der Waals surface area (Å²) in [5, 5.41) is 0. The van der Waals surface area contributed by atoms with Gasteiger partial charge in [-0.25, -0.2) is 0 Å². The number of anilines is 2. The molecule has 2 fully saturated rings. The van der Waals surface area contributed by atoms with E-state index < -0.39 is 0 Å². The topological polar surface area (TPSA) is 75.6 Å². The van der Waals surface area contributed by atoms with Crippen molar-refractivity contribution >= 4 is 17.3 Å². The molecule has 0 aromatic heterocycles. The molecule has 5 heteroatoms. The summed E-state index contributed by atoms with van der Waals surface area (Å²) in [6.07, 6.45) is 2.43. The lowest BCUT2D eigenvalue weighted by atomic mass is 10.1. The summed E-state index contributed by atoms with van der Waals surface area (Å²) < 4.78 is 0. The van der Waals surface area contributed by atoms with Gasteiger partial charge in [-0.2, -0.15) is 0 Å². The number of benzene rings is 1. The number of nitrogen functional groups attached to an aromatic ring is 2. The smallest absolute Gasteiger partial charge is 0.254 e. The van der Waals surface area contributed by atoms with Crippen LogP contribution in [0.2, 0.25) is 0 Å². The second-order valence-corrected chi connectivity index (χ2v) is 5.99. The minimum Gasteiger partial charge on any atom is -0.399 e. The van der Waals surface area contributed by atoms with Crippen LogP contribution in [0.5, 0.6) is 0 Å². The molecule has 0 saturated carbocycles. The molecule has 2 saturated heterocycles. The molecule has 0 spiro atoms. The summed E-state index contributed by atoms with van der Waals surface area (Å²) in [4.78, 5) is 17.2. The van der Waals surface area contributed by atoms with Gasteiger partial charge >= 0.3 is 0 Å². The van der Waals surface area contributed by atoms with Crippen LogP contribution in [0.3, 0.4) is 0 Å². The molecule has 2 atom stereocenters. The molecule has 2 aliphatic heterocycles. The molecule has 0 radical (unpaired) electrons. The summed E-state index contributed by atoms with van der Waals surface area (Å²) in [5.74, 6) is 0.0445. The maximum Gasteiger partial charge on any atom is 0.254 e. The van der Waals surface area contributed by atoms with E-state index in [-0.39, 0.29) is 11.9 Å². The van der Waals surface area contributed by atoms with Crippen LogP contribution < -0.4 is 11.5 Å². The lowest BCUT2D eigenvalue weighted by molar-refractivity contribution is 0.0395. The van der Waals surface area contributed by atoms with Crippen LogP contribution in [0, 0.1) is 0 Å². The number of piperazine rings is 1. The van der Waals surface area contributed by atoms with Crippen LogP contribution in [-0.2, 0) is 0 Å². The lowest BCUT2D eigenvalue weighted by Gasteiger charge is -2.42. The molecule has 2 unspecified atom stereocenters. The van der Waals surface area contributed by atoms with Crippen LogP contribution in [0.1, 0.15) is 30.1 Å². The molecule has 0 bridgehead atoms. The van der Waals surface area contributed by atoms with Gasteiger partial charge in [-0.1, -0.05) is 0 Å². The van der Waals surface area contributed by atoms with Gasteiger partial charge in [0.2, 0.25) is 0 Å². The van der Waals surface area contributed by atoms with E-state index in [1.165, 1.54) is 19.4 Å². The Balaban J connectivity index is 1.82. The van der Waals surface area contributed by atoms with Crippen molar-refractivity contribution in [3.8, 4) is 0 Å². The molecular formula is C15H22N4O. The predicted octanol–water partition coefficient (Wildman–Crippen LogP) is 1.16. The fraction of sp³-hybridized carbons (Fsp3) is 0.533. The Morgan fingerprint density at radius 2 is 1.90 bits per heavy atom. The summed E-state index contributed by atoms with van der Waals surface area (Å²) >= 11 is 0. The van der Waals surface area contributed by atoms with Crippen molar-refractivity contribution in [3.63, 3.8) is 0 Å². The number of hydrogen-bond acceptors (Lipinski definition) is 4. The molecule has 0 aliphatic carbocycles. The van der Waals surface area contributed by atoms with E-state index in [4.69, 9.17) is 11.5 Å². The highest BCUT2D eigenvalue weighted by Crippen LogP contribution is 2.26. The first-order valence-electron chi connectivity index (χ1n) is 7.25. The van der Waals surface area contributed by atoms with Crippen molar-refractivity contribution in [1.82, 2.24) is 9.80 Å². The summed E-state index contributed by atoms with van der Waals surface area (Å²) in [7, 11) is 0. The minimum absolute atomic E-state index is 0.0445. The second kappa shape index (κ2) is 4.98. The predicted molar refractivity (Wildman–Crippen MR) is 80.4 cm³/mol. The summed E-state index contributed by atoms with van der Waals surface area (Å²) in [6.45, 7) is 5.06. The van der Waals surface area contributed by atoms with Gasteiger partial charge in [0.25, 0.3) is 5.91 Å². The normalized spacial score (nSPS) is 26.6. The highest BCUT2D eigenvalue weighted by atomic mass is 16.2. The zero-order chi connectivity index (χ0) is 14.3. The average molecular weight is 274 g/mol. The van der Waals surface area contributed by atoms with Crippen molar-refractivity contribution in [1.29, 1.82) is 0 Å². The van der Waals surface area contributed by atoms with Crippen molar-refractivity contribution in [2.45, 2.75) is 31.8 Å². The monoisotopic (exact) mass is 274 g/mol. The molecule has 2 aliphatic rings. The first kappa shape index (κ1) is 13.2. The Kier molecular flexibility index (Phi) is 3.30. The van der Waals surface area contributed by atoms with Crippen LogP contribution in [0.15, 0.2) is 18.2 Å². The summed E-state index contributed by atoms with van der Waals surface area (Å²) in [6, 6.07) is 5.86. The van der Waals surface area contributed by atoms with Gasteiger partial charge in [0, 0.05) is 42.1 Å². The van der Waals surface area contributed by atoms with E-state index in [1.807, 2.05) is 4.90 Å². The first-order chi connectivity index (χ1) is 9.54. The molecule has 2 heterocycles. The molecule has 5 nitrogen and oxygen atoms in total. The molecule has 1 aromatic carbocycles. The number of nitrogens with two attached hydrogens (primary N) is 2. The number of carbonyl (C=O) groups is 1. The van der Waals surface area contributed by atoms with Crippen molar-refractivity contribution < 1.29 is 4.79 Å². The number of fused-ring (bicyclic) bond motifs is 1. The van der Waals surface area contributed by atoms with E-state index in [0.29, 0.717) is 23.0 Å². The molecule has 20 heavy (non-hydrogen) atoms. The molecule has 1 aromatic rings. The Hall–Kier alpha value is -1.75. The van der Waals surface area contributed by atoms with Crippen LogP contribution in [0.25, 0.3) is 0 Å². The molecule has 108 valence electrons. The number of carbonyl (C=O) groups excluding carboxylic acids is 1. The quantitative estimate of drug-likeness (QED) is 0.754. The fourth-order valence-corrected chi connectivity index (χ4v) is 3.44. The van der Waals surface area contributed by atoms with Crippen molar-refractivity contribution in [2.24, 2.45) is 0 Å². The largest absolute Gasteiger partial charge is 0.399 e.